The van der Waals surface area contributed by atoms with E-state index in [9.17, 15) is 14.4 Å². The van der Waals surface area contributed by atoms with Crippen molar-refractivity contribution in [3.63, 3.8) is 0 Å². The van der Waals surface area contributed by atoms with Gasteiger partial charge in [0, 0.05) is 18.8 Å². The average molecular weight is 497 g/mol. The van der Waals surface area contributed by atoms with E-state index < -0.39 is 29.2 Å². The van der Waals surface area contributed by atoms with Gasteiger partial charge in [0.15, 0.2) is 0 Å². The molecule has 0 spiro atoms. The minimum absolute atomic E-state index is 0.0308. The predicted molar refractivity (Wildman–Crippen MR) is 137 cm³/mol. The fraction of sp³-hybridized carbons (Fsp3) is 0.444. The van der Waals surface area contributed by atoms with E-state index in [1.165, 1.54) is 0 Å². The third-order valence-corrected chi connectivity index (χ3v) is 5.64. The van der Waals surface area contributed by atoms with Gasteiger partial charge in [0.25, 0.3) is 0 Å². The Kier molecular flexibility index (Phi) is 8.24. The van der Waals surface area contributed by atoms with E-state index in [0.29, 0.717) is 18.8 Å². The van der Waals surface area contributed by atoms with E-state index in [0.717, 1.165) is 16.7 Å². The number of nitrogens with one attached hydrogen (secondary N) is 2. The number of fused-ring (bicyclic) bond motifs is 1. The molecule has 36 heavy (non-hydrogen) atoms. The number of alkyl carbamates (subject to hydrolysis) is 1. The molecule has 0 saturated heterocycles. The van der Waals surface area contributed by atoms with Crippen LogP contribution in [0.2, 0.25) is 0 Å². The molecule has 2 aromatic carbocycles. The van der Waals surface area contributed by atoms with Gasteiger partial charge >= 0.3 is 6.09 Å². The molecular weight excluding hydrogens is 460 g/mol. The minimum Gasteiger partial charge on any atom is -0.444 e. The van der Waals surface area contributed by atoms with Gasteiger partial charge < -0.3 is 30.7 Å². The number of hydrogen-bond donors (Lipinski definition) is 3. The molecule has 9 heteroatoms. The molecule has 194 valence electrons. The Morgan fingerprint density at radius 1 is 1.00 bits per heavy atom. The molecule has 0 radical (unpaired) electrons. The van der Waals surface area contributed by atoms with Crippen molar-refractivity contribution in [1.29, 1.82) is 0 Å². The van der Waals surface area contributed by atoms with Crippen LogP contribution < -0.4 is 16.4 Å². The van der Waals surface area contributed by atoms with Crippen molar-refractivity contribution in [2.75, 3.05) is 12.3 Å². The summed E-state index contributed by atoms with van der Waals surface area (Å²) in [6.07, 6.45) is -0.724. The number of benzene rings is 2. The maximum Gasteiger partial charge on any atom is 0.408 e. The van der Waals surface area contributed by atoms with Crippen LogP contribution in [0.4, 0.5) is 10.5 Å². The number of nitrogens with zero attached hydrogens (tertiary/aromatic N) is 1. The summed E-state index contributed by atoms with van der Waals surface area (Å²) >= 11 is 0. The Bertz CT molecular complexity index is 1100. The first kappa shape index (κ1) is 27.0. The molecule has 0 saturated carbocycles. The zero-order valence-electron chi connectivity index (χ0n) is 21.6. The summed E-state index contributed by atoms with van der Waals surface area (Å²) in [4.78, 5) is 40.6. The van der Waals surface area contributed by atoms with Gasteiger partial charge in [-0.05, 0) is 63.4 Å². The van der Waals surface area contributed by atoms with Gasteiger partial charge in [-0.3, -0.25) is 9.59 Å². The third kappa shape index (κ3) is 7.45. The third-order valence-electron chi connectivity index (χ3n) is 5.64. The summed E-state index contributed by atoms with van der Waals surface area (Å²) < 4.78 is 11.1. The van der Waals surface area contributed by atoms with Gasteiger partial charge in [0.05, 0.1) is 13.2 Å². The maximum absolute atomic E-state index is 13.5. The number of rotatable bonds is 8. The van der Waals surface area contributed by atoms with Gasteiger partial charge in [0.1, 0.15) is 17.2 Å². The van der Waals surface area contributed by atoms with Crippen LogP contribution in [0, 0.1) is 0 Å². The van der Waals surface area contributed by atoms with Crippen molar-refractivity contribution in [2.24, 2.45) is 0 Å². The highest BCUT2D eigenvalue weighted by molar-refractivity contribution is 5.93. The molecule has 1 aliphatic rings. The highest BCUT2D eigenvalue weighted by Gasteiger charge is 2.36. The van der Waals surface area contributed by atoms with Crippen LogP contribution in [0.3, 0.4) is 0 Å². The van der Waals surface area contributed by atoms with E-state index in [2.05, 4.69) is 10.6 Å². The molecule has 1 heterocycles. The summed E-state index contributed by atoms with van der Waals surface area (Å²) in [6.45, 7) is 9.37. The lowest BCUT2D eigenvalue weighted by Crippen LogP contribution is -2.60. The molecule has 2 aromatic rings. The fourth-order valence-corrected chi connectivity index (χ4v) is 3.79. The number of hydrogen-bond acceptors (Lipinski definition) is 6. The predicted octanol–water partition coefficient (Wildman–Crippen LogP) is 3.12. The van der Waals surface area contributed by atoms with Crippen molar-refractivity contribution in [1.82, 2.24) is 15.5 Å². The Morgan fingerprint density at radius 3 is 2.33 bits per heavy atom. The van der Waals surface area contributed by atoms with Crippen LogP contribution in [-0.4, -0.2) is 46.6 Å². The van der Waals surface area contributed by atoms with Gasteiger partial charge in [-0.15, -0.1) is 0 Å². The largest absolute Gasteiger partial charge is 0.444 e. The van der Waals surface area contributed by atoms with Gasteiger partial charge in [-0.2, -0.15) is 0 Å². The molecule has 1 atom stereocenters. The first-order chi connectivity index (χ1) is 16.8. The summed E-state index contributed by atoms with van der Waals surface area (Å²) in [7, 11) is 0. The molecule has 1 aliphatic heterocycles. The standard InChI is InChI=1S/C27H36N4O5/c1-26(2,3)36-25(34)30-27(4,5)24(33)29-22(17-35-16-18-9-7-6-8-10-18)23(32)31-14-19-11-12-21(28)13-20(19)15-31/h6-13,22H,14-17,28H2,1-5H3,(H,29,33)(H,30,34)/t22-/m1/s1. The molecule has 3 amide bonds. The zero-order valence-corrected chi connectivity index (χ0v) is 21.6. The van der Waals surface area contributed by atoms with E-state index in [4.69, 9.17) is 15.2 Å². The molecule has 0 aromatic heterocycles. The molecular formula is C27H36N4O5. The Hall–Kier alpha value is -3.59. The van der Waals surface area contributed by atoms with Crippen molar-refractivity contribution < 1.29 is 23.9 Å². The lowest BCUT2D eigenvalue weighted by molar-refractivity contribution is -0.140. The zero-order chi connectivity index (χ0) is 26.5. The number of amides is 3. The topological polar surface area (TPSA) is 123 Å². The quantitative estimate of drug-likeness (QED) is 0.483. The molecule has 9 nitrogen and oxygen atoms in total. The van der Waals surface area contributed by atoms with Gasteiger partial charge in [0.2, 0.25) is 11.8 Å². The highest BCUT2D eigenvalue weighted by Crippen LogP contribution is 2.25. The smallest absolute Gasteiger partial charge is 0.408 e. The van der Waals surface area contributed by atoms with E-state index >= 15 is 0 Å². The SMILES string of the molecule is CC(C)(C)OC(=O)NC(C)(C)C(=O)N[C@H](COCc1ccccc1)C(=O)N1Cc2ccc(N)cc2C1. The van der Waals surface area contributed by atoms with Crippen molar-refractivity contribution in [3.8, 4) is 0 Å². The van der Waals surface area contributed by atoms with E-state index in [-0.39, 0.29) is 19.1 Å². The first-order valence-electron chi connectivity index (χ1n) is 11.9. The Labute approximate surface area is 212 Å². The lowest BCUT2D eigenvalue weighted by Gasteiger charge is -2.30. The van der Waals surface area contributed by atoms with Crippen LogP contribution in [-0.2, 0) is 38.8 Å². The molecule has 4 N–H and O–H groups in total. The molecule has 0 aliphatic carbocycles. The summed E-state index contributed by atoms with van der Waals surface area (Å²) in [5, 5.41) is 5.35. The molecule has 0 fully saturated rings. The Balaban J connectivity index is 1.70. The van der Waals surface area contributed by atoms with Crippen molar-refractivity contribution in [3.05, 3.63) is 65.2 Å². The second-order valence-electron chi connectivity index (χ2n) is 10.5. The van der Waals surface area contributed by atoms with Crippen molar-refractivity contribution in [2.45, 2.75) is 71.5 Å². The summed E-state index contributed by atoms with van der Waals surface area (Å²) in [5.74, 6) is -0.810. The molecule has 3 rings (SSSR count). The first-order valence-corrected chi connectivity index (χ1v) is 11.9. The van der Waals surface area contributed by atoms with Gasteiger partial charge in [-0.25, -0.2) is 4.79 Å². The second kappa shape index (κ2) is 11.0. The minimum atomic E-state index is -1.33. The summed E-state index contributed by atoms with van der Waals surface area (Å²) in [6, 6.07) is 14.2. The van der Waals surface area contributed by atoms with Crippen LogP contribution in [0.1, 0.15) is 51.3 Å². The number of ether oxygens (including phenoxy) is 2. The van der Waals surface area contributed by atoms with Gasteiger partial charge in [-0.1, -0.05) is 36.4 Å². The van der Waals surface area contributed by atoms with Crippen LogP contribution in [0.15, 0.2) is 48.5 Å². The van der Waals surface area contributed by atoms with E-state index in [1.54, 1.807) is 45.6 Å². The lowest BCUT2D eigenvalue weighted by atomic mass is 10.0. The molecule has 0 unspecified atom stereocenters. The monoisotopic (exact) mass is 496 g/mol. The van der Waals surface area contributed by atoms with Crippen molar-refractivity contribution >= 4 is 23.6 Å². The van der Waals surface area contributed by atoms with Crippen LogP contribution in [0.5, 0.6) is 0 Å². The highest BCUT2D eigenvalue weighted by atomic mass is 16.6. The number of carbonyl (C=O) groups is 3. The number of nitrogen functional groups attached to an aromatic ring is 1. The normalized spacial score (nSPS) is 14.1. The van der Waals surface area contributed by atoms with E-state index in [1.807, 2.05) is 42.5 Å². The maximum atomic E-state index is 13.5. The number of nitrogens with two attached hydrogens (primary N) is 1. The average Bonchev–Trinajstić information content (AvgIpc) is 3.20. The van der Waals surface area contributed by atoms with Crippen LogP contribution in [0.25, 0.3) is 0 Å². The van der Waals surface area contributed by atoms with Crippen LogP contribution >= 0.6 is 0 Å². The second-order valence-corrected chi connectivity index (χ2v) is 10.5. The number of anilines is 1. The Morgan fingerprint density at radius 2 is 1.67 bits per heavy atom. The number of carbonyl (C=O) groups excluding carboxylic acids is 3. The summed E-state index contributed by atoms with van der Waals surface area (Å²) in [5.41, 5.74) is 7.43. The fourth-order valence-electron chi connectivity index (χ4n) is 3.79. The molecule has 0 bridgehead atoms.